The molecule has 0 aliphatic heterocycles. The van der Waals surface area contributed by atoms with Crippen LogP contribution in [0.5, 0.6) is 0 Å². The zero-order chi connectivity index (χ0) is 9.84. The lowest BCUT2D eigenvalue weighted by molar-refractivity contribution is 0.100. The Morgan fingerprint density at radius 3 is 2.85 bits per heavy atom. The third kappa shape index (κ3) is 2.56. The van der Waals surface area contributed by atoms with Gasteiger partial charge < -0.3 is 0 Å². The van der Waals surface area contributed by atoms with Crippen LogP contribution in [-0.4, -0.2) is 11.1 Å². The summed E-state index contributed by atoms with van der Waals surface area (Å²) >= 11 is 7.66. The summed E-state index contributed by atoms with van der Waals surface area (Å²) in [7, 11) is 0. The van der Waals surface area contributed by atoms with Crippen molar-refractivity contribution in [2.24, 2.45) is 4.99 Å². The molecule has 0 aliphatic carbocycles. The Hall–Kier alpha value is -0.830. The number of halogens is 1. The van der Waals surface area contributed by atoms with Crippen LogP contribution in [0.4, 0.5) is 0 Å². The predicted octanol–water partition coefficient (Wildman–Crippen LogP) is 3.00. The number of hydrogen-bond donors (Lipinski definition) is 0. The van der Waals surface area contributed by atoms with E-state index in [-0.39, 0.29) is 5.91 Å². The minimum Gasteiger partial charge on any atom is -0.266 e. The first-order valence-electron chi connectivity index (χ1n) is 3.53. The monoisotopic (exact) mass is 255 g/mol. The highest BCUT2D eigenvalue weighted by atomic mass is 79.9. The van der Waals surface area contributed by atoms with Gasteiger partial charge in [-0.2, -0.15) is 4.99 Å². The summed E-state index contributed by atoms with van der Waals surface area (Å²) in [5.41, 5.74) is 1.58. The molecule has 0 fully saturated rings. The highest BCUT2D eigenvalue weighted by Crippen LogP contribution is 2.17. The number of hydrogen-bond acceptors (Lipinski definition) is 2. The summed E-state index contributed by atoms with van der Waals surface area (Å²) < 4.78 is 0.887. The SMILES string of the molecule is Cc1ccc(C(=O)N=C=S)cc1Br. The lowest BCUT2D eigenvalue weighted by Crippen LogP contribution is -1.94. The first-order valence-corrected chi connectivity index (χ1v) is 4.73. The van der Waals surface area contributed by atoms with E-state index >= 15 is 0 Å². The van der Waals surface area contributed by atoms with E-state index in [4.69, 9.17) is 0 Å². The third-order valence-corrected chi connectivity index (χ3v) is 2.51. The van der Waals surface area contributed by atoms with E-state index in [1.165, 1.54) is 0 Å². The summed E-state index contributed by atoms with van der Waals surface area (Å²) in [6, 6.07) is 5.27. The standard InChI is InChI=1S/C9H6BrNOS/c1-6-2-3-7(4-8(6)10)9(12)11-5-13/h2-4H,1H3. The molecule has 0 aliphatic rings. The Morgan fingerprint density at radius 1 is 1.62 bits per heavy atom. The number of rotatable bonds is 1. The van der Waals surface area contributed by atoms with Gasteiger partial charge in [0.2, 0.25) is 0 Å². The van der Waals surface area contributed by atoms with Crippen LogP contribution in [0.1, 0.15) is 15.9 Å². The van der Waals surface area contributed by atoms with Gasteiger partial charge >= 0.3 is 0 Å². The second kappa shape index (κ2) is 4.42. The van der Waals surface area contributed by atoms with Crippen molar-refractivity contribution in [1.82, 2.24) is 0 Å². The number of carbonyl (C=O) groups excluding carboxylic acids is 1. The van der Waals surface area contributed by atoms with Crippen molar-refractivity contribution in [2.45, 2.75) is 6.92 Å². The molecular weight excluding hydrogens is 250 g/mol. The average molecular weight is 256 g/mol. The van der Waals surface area contributed by atoms with E-state index in [0.717, 1.165) is 10.0 Å². The number of isothiocyanates is 1. The average Bonchev–Trinajstić information content (AvgIpc) is 2.10. The molecule has 0 spiro atoms. The summed E-state index contributed by atoms with van der Waals surface area (Å²) in [5.74, 6) is -0.365. The molecule has 0 N–H and O–H groups in total. The molecule has 1 amide bonds. The first kappa shape index (κ1) is 10.3. The molecule has 4 heteroatoms. The van der Waals surface area contributed by atoms with E-state index < -0.39 is 0 Å². The van der Waals surface area contributed by atoms with E-state index in [1.807, 2.05) is 18.2 Å². The number of benzene rings is 1. The molecule has 0 radical (unpaired) electrons. The normalized spacial score (nSPS) is 9.08. The Labute approximate surface area is 89.8 Å². The number of nitrogens with zero attached hydrogens (tertiary/aromatic N) is 1. The highest BCUT2D eigenvalue weighted by molar-refractivity contribution is 9.10. The van der Waals surface area contributed by atoms with Crippen LogP contribution in [0.25, 0.3) is 0 Å². The lowest BCUT2D eigenvalue weighted by Gasteiger charge is -1.98. The smallest absolute Gasteiger partial charge is 0.266 e. The molecular formula is C9H6BrNOS. The largest absolute Gasteiger partial charge is 0.285 e. The highest BCUT2D eigenvalue weighted by Gasteiger charge is 2.04. The quantitative estimate of drug-likeness (QED) is 0.571. The van der Waals surface area contributed by atoms with Gasteiger partial charge in [-0.15, -0.1) is 0 Å². The fourth-order valence-corrected chi connectivity index (χ4v) is 1.29. The Bertz CT molecular complexity index is 397. The number of aliphatic imine (C=N–C) groups is 1. The van der Waals surface area contributed by atoms with Crippen molar-refractivity contribution >= 4 is 39.2 Å². The number of thiocarbonyl (C=S) groups is 1. The van der Waals surface area contributed by atoms with Crippen molar-refractivity contribution in [1.29, 1.82) is 0 Å². The van der Waals surface area contributed by atoms with Crippen molar-refractivity contribution < 1.29 is 4.79 Å². The molecule has 0 atom stereocenters. The van der Waals surface area contributed by atoms with Gasteiger partial charge in [-0.1, -0.05) is 22.0 Å². The summed E-state index contributed by atoms with van der Waals surface area (Å²) in [6.45, 7) is 1.95. The van der Waals surface area contributed by atoms with Crippen LogP contribution in [0.15, 0.2) is 27.7 Å². The first-order chi connectivity index (χ1) is 6.15. The molecule has 13 heavy (non-hydrogen) atoms. The number of amides is 1. The molecule has 0 saturated heterocycles. The van der Waals surface area contributed by atoms with Gasteiger partial charge in [0, 0.05) is 10.0 Å². The van der Waals surface area contributed by atoms with Crippen LogP contribution >= 0.6 is 28.1 Å². The zero-order valence-corrected chi connectivity index (χ0v) is 9.28. The summed E-state index contributed by atoms with van der Waals surface area (Å²) in [4.78, 5) is 14.6. The molecule has 0 unspecified atom stereocenters. The summed E-state index contributed by atoms with van der Waals surface area (Å²) in [5, 5.41) is 2.04. The van der Waals surface area contributed by atoms with E-state index in [0.29, 0.717) is 5.56 Å². The maximum absolute atomic E-state index is 11.2. The number of aryl methyl sites for hydroxylation is 1. The number of carbonyl (C=O) groups is 1. The Balaban J connectivity index is 3.10. The third-order valence-electron chi connectivity index (χ3n) is 1.57. The van der Waals surface area contributed by atoms with Crippen molar-refractivity contribution in [2.75, 3.05) is 0 Å². The van der Waals surface area contributed by atoms with E-state index in [1.54, 1.807) is 12.1 Å². The van der Waals surface area contributed by atoms with Crippen molar-refractivity contribution in [3.05, 3.63) is 33.8 Å². The predicted molar refractivity (Wildman–Crippen MR) is 58.2 cm³/mol. The fourth-order valence-electron chi connectivity index (χ4n) is 0.832. The van der Waals surface area contributed by atoms with E-state index in [2.05, 4.69) is 33.1 Å². The molecule has 2 nitrogen and oxygen atoms in total. The minimum absolute atomic E-state index is 0.365. The van der Waals surface area contributed by atoms with Crippen LogP contribution < -0.4 is 0 Å². The Kier molecular flexibility index (Phi) is 3.48. The van der Waals surface area contributed by atoms with Crippen LogP contribution in [0.2, 0.25) is 0 Å². The van der Waals surface area contributed by atoms with Gasteiger partial charge in [0.15, 0.2) is 0 Å². The zero-order valence-electron chi connectivity index (χ0n) is 6.87. The van der Waals surface area contributed by atoms with Gasteiger partial charge in [-0.25, -0.2) is 0 Å². The van der Waals surface area contributed by atoms with Gasteiger partial charge in [0.05, 0.1) is 5.16 Å². The van der Waals surface area contributed by atoms with Crippen molar-refractivity contribution in [3.8, 4) is 0 Å². The lowest BCUT2D eigenvalue weighted by atomic mass is 10.1. The van der Waals surface area contributed by atoms with Gasteiger partial charge in [0.1, 0.15) is 0 Å². The molecule has 0 heterocycles. The fraction of sp³-hybridized carbons (Fsp3) is 0.111. The van der Waals surface area contributed by atoms with E-state index in [9.17, 15) is 4.79 Å². The van der Waals surface area contributed by atoms with Gasteiger partial charge in [-0.05, 0) is 36.8 Å². The maximum atomic E-state index is 11.2. The minimum atomic E-state index is -0.365. The van der Waals surface area contributed by atoms with Crippen LogP contribution in [0.3, 0.4) is 0 Å². The molecule has 66 valence electrons. The van der Waals surface area contributed by atoms with Gasteiger partial charge in [-0.3, -0.25) is 4.79 Å². The van der Waals surface area contributed by atoms with Gasteiger partial charge in [0.25, 0.3) is 5.91 Å². The molecule has 1 aromatic carbocycles. The molecule has 1 aromatic rings. The second-order valence-corrected chi connectivity index (χ2v) is 3.51. The molecule has 0 aromatic heterocycles. The van der Waals surface area contributed by atoms with Crippen LogP contribution in [0, 0.1) is 6.92 Å². The van der Waals surface area contributed by atoms with Crippen molar-refractivity contribution in [3.63, 3.8) is 0 Å². The van der Waals surface area contributed by atoms with Crippen LogP contribution in [-0.2, 0) is 0 Å². The second-order valence-electron chi connectivity index (χ2n) is 2.47. The molecule has 0 bridgehead atoms. The Morgan fingerprint density at radius 2 is 2.31 bits per heavy atom. The maximum Gasteiger partial charge on any atom is 0.285 e. The molecule has 0 saturated carbocycles. The molecule has 1 rings (SSSR count). The summed E-state index contributed by atoms with van der Waals surface area (Å²) in [6.07, 6.45) is 0. The topological polar surface area (TPSA) is 29.4 Å².